The maximum Gasteiger partial charge on any atom is 0.259 e. The van der Waals surface area contributed by atoms with E-state index in [2.05, 4.69) is 10.3 Å². The number of benzene rings is 2. The van der Waals surface area contributed by atoms with Crippen molar-refractivity contribution in [3.05, 3.63) is 89.7 Å². The molecule has 1 amide bonds. The van der Waals surface area contributed by atoms with Gasteiger partial charge in [-0.25, -0.2) is 0 Å². The monoisotopic (exact) mass is 333 g/mol. The Kier molecular flexibility index (Phi) is 5.39. The van der Waals surface area contributed by atoms with Gasteiger partial charge in [0, 0.05) is 12.7 Å². The number of aromatic nitrogens is 1. The minimum absolute atomic E-state index is 0.250. The molecule has 0 unspecified atom stereocenters. The third kappa shape index (κ3) is 4.43. The molecule has 3 aromatic rings. The molecule has 0 fully saturated rings. The molecule has 0 spiro atoms. The lowest BCUT2D eigenvalue weighted by molar-refractivity contribution is 0.102. The van der Waals surface area contributed by atoms with Gasteiger partial charge in [0.2, 0.25) is 0 Å². The highest BCUT2D eigenvalue weighted by Gasteiger charge is 2.13. The summed E-state index contributed by atoms with van der Waals surface area (Å²) in [6.07, 6.45) is 3.26. The molecule has 25 heavy (non-hydrogen) atoms. The van der Waals surface area contributed by atoms with Crippen molar-refractivity contribution < 1.29 is 9.53 Å². The van der Waals surface area contributed by atoms with Gasteiger partial charge in [-0.1, -0.05) is 42.5 Å². The minimum Gasteiger partial charge on any atom is -0.488 e. The smallest absolute Gasteiger partial charge is 0.259 e. The van der Waals surface area contributed by atoms with E-state index in [1.165, 1.54) is 0 Å². The number of anilines is 1. The van der Waals surface area contributed by atoms with Crippen molar-refractivity contribution in [2.75, 3.05) is 5.32 Å². The third-order valence-electron chi connectivity index (χ3n) is 3.66. The number of rotatable bonds is 6. The van der Waals surface area contributed by atoms with Gasteiger partial charge in [0.25, 0.3) is 5.91 Å². The van der Waals surface area contributed by atoms with Crippen LogP contribution in [0.1, 0.15) is 21.5 Å². The lowest BCUT2D eigenvalue weighted by Gasteiger charge is -2.12. The second-order valence-electron chi connectivity index (χ2n) is 5.51. The number of amides is 1. The minimum atomic E-state index is -0.250. The molecule has 1 heterocycles. The number of hydrogen-bond acceptors (Lipinski definition) is 4. The molecule has 0 aliphatic heterocycles. The van der Waals surface area contributed by atoms with E-state index in [1.807, 2.05) is 36.4 Å². The SMILES string of the molecule is NCc1cncc(NC(=O)c2ccccc2OCc2ccccc2)c1. The van der Waals surface area contributed by atoms with Crippen LogP contribution < -0.4 is 15.8 Å². The molecule has 0 aliphatic rings. The largest absolute Gasteiger partial charge is 0.488 e. The van der Waals surface area contributed by atoms with E-state index in [0.717, 1.165) is 11.1 Å². The van der Waals surface area contributed by atoms with E-state index in [0.29, 0.717) is 30.2 Å². The van der Waals surface area contributed by atoms with Crippen LogP contribution in [0.25, 0.3) is 0 Å². The molecular formula is C20H19N3O2. The normalized spacial score (nSPS) is 10.3. The Morgan fingerprint density at radius 3 is 2.56 bits per heavy atom. The average molecular weight is 333 g/mol. The standard InChI is InChI=1S/C20H19N3O2/c21-11-16-10-17(13-22-12-16)23-20(24)18-8-4-5-9-19(18)25-14-15-6-2-1-3-7-15/h1-10,12-13H,11,14,21H2,(H,23,24). The summed E-state index contributed by atoms with van der Waals surface area (Å²) in [7, 11) is 0. The maximum atomic E-state index is 12.6. The van der Waals surface area contributed by atoms with Crippen LogP contribution in [0.2, 0.25) is 0 Å². The highest BCUT2D eigenvalue weighted by Crippen LogP contribution is 2.21. The Morgan fingerprint density at radius 1 is 1.00 bits per heavy atom. The van der Waals surface area contributed by atoms with Gasteiger partial charge in [-0.2, -0.15) is 0 Å². The van der Waals surface area contributed by atoms with Crippen LogP contribution in [0.15, 0.2) is 73.1 Å². The van der Waals surface area contributed by atoms with Crippen LogP contribution in [0.5, 0.6) is 5.75 Å². The maximum absolute atomic E-state index is 12.6. The average Bonchev–Trinajstić information content (AvgIpc) is 2.67. The molecule has 0 atom stereocenters. The molecular weight excluding hydrogens is 314 g/mol. The zero-order valence-corrected chi connectivity index (χ0v) is 13.7. The molecule has 1 aromatic heterocycles. The second-order valence-corrected chi connectivity index (χ2v) is 5.51. The van der Waals surface area contributed by atoms with Gasteiger partial charge in [0.05, 0.1) is 17.4 Å². The van der Waals surface area contributed by atoms with Crippen LogP contribution in [0, 0.1) is 0 Å². The lowest BCUT2D eigenvalue weighted by Crippen LogP contribution is -2.14. The van der Waals surface area contributed by atoms with Gasteiger partial charge < -0.3 is 15.8 Å². The number of carbonyl (C=O) groups is 1. The molecule has 3 N–H and O–H groups in total. The van der Waals surface area contributed by atoms with E-state index in [1.54, 1.807) is 36.7 Å². The topological polar surface area (TPSA) is 77.2 Å². The van der Waals surface area contributed by atoms with Crippen LogP contribution >= 0.6 is 0 Å². The number of nitrogens with one attached hydrogen (secondary N) is 1. The Labute approximate surface area is 146 Å². The molecule has 5 nitrogen and oxygen atoms in total. The molecule has 0 bridgehead atoms. The molecule has 126 valence electrons. The number of ether oxygens (including phenoxy) is 1. The fourth-order valence-electron chi connectivity index (χ4n) is 2.38. The highest BCUT2D eigenvalue weighted by atomic mass is 16.5. The van der Waals surface area contributed by atoms with Crippen molar-refractivity contribution in [2.24, 2.45) is 5.73 Å². The van der Waals surface area contributed by atoms with Crippen molar-refractivity contribution in [3.63, 3.8) is 0 Å². The summed E-state index contributed by atoms with van der Waals surface area (Å²) in [6, 6.07) is 18.8. The Balaban J connectivity index is 1.74. The number of para-hydroxylation sites is 1. The van der Waals surface area contributed by atoms with E-state index in [9.17, 15) is 4.79 Å². The van der Waals surface area contributed by atoms with E-state index in [4.69, 9.17) is 10.5 Å². The van der Waals surface area contributed by atoms with Crippen LogP contribution in [-0.2, 0) is 13.2 Å². The summed E-state index contributed by atoms with van der Waals surface area (Å²) in [5.41, 5.74) is 8.57. The first-order valence-corrected chi connectivity index (χ1v) is 7.97. The van der Waals surface area contributed by atoms with Gasteiger partial charge in [-0.05, 0) is 29.3 Å². The first-order chi connectivity index (χ1) is 12.3. The van der Waals surface area contributed by atoms with E-state index in [-0.39, 0.29) is 5.91 Å². The Morgan fingerprint density at radius 2 is 1.76 bits per heavy atom. The van der Waals surface area contributed by atoms with Crippen LogP contribution in [0.4, 0.5) is 5.69 Å². The molecule has 0 radical (unpaired) electrons. The van der Waals surface area contributed by atoms with Gasteiger partial charge in [-0.3, -0.25) is 9.78 Å². The first kappa shape index (κ1) is 16.7. The summed E-state index contributed by atoms with van der Waals surface area (Å²) in [6.45, 7) is 0.767. The summed E-state index contributed by atoms with van der Waals surface area (Å²) < 4.78 is 5.83. The lowest BCUT2D eigenvalue weighted by atomic mass is 10.1. The highest BCUT2D eigenvalue weighted by molar-refractivity contribution is 6.06. The number of nitrogens with two attached hydrogens (primary N) is 1. The fourth-order valence-corrected chi connectivity index (χ4v) is 2.38. The summed E-state index contributed by atoms with van der Waals surface area (Å²) in [4.78, 5) is 16.7. The predicted molar refractivity (Wildman–Crippen MR) is 97.3 cm³/mol. The number of hydrogen-bond donors (Lipinski definition) is 2. The number of pyridine rings is 1. The van der Waals surface area contributed by atoms with Crippen LogP contribution in [0.3, 0.4) is 0 Å². The van der Waals surface area contributed by atoms with Crippen molar-refractivity contribution in [3.8, 4) is 5.75 Å². The van der Waals surface area contributed by atoms with Gasteiger partial charge >= 0.3 is 0 Å². The summed E-state index contributed by atoms with van der Waals surface area (Å²) in [5.74, 6) is 0.284. The van der Waals surface area contributed by atoms with E-state index < -0.39 is 0 Å². The first-order valence-electron chi connectivity index (χ1n) is 7.97. The molecule has 0 saturated heterocycles. The molecule has 5 heteroatoms. The van der Waals surface area contributed by atoms with Crippen molar-refractivity contribution >= 4 is 11.6 Å². The van der Waals surface area contributed by atoms with Gasteiger partial charge in [0.15, 0.2) is 0 Å². The zero-order valence-electron chi connectivity index (χ0n) is 13.7. The summed E-state index contributed by atoms with van der Waals surface area (Å²) >= 11 is 0. The van der Waals surface area contributed by atoms with Crippen molar-refractivity contribution in [1.29, 1.82) is 0 Å². The van der Waals surface area contributed by atoms with Crippen LogP contribution in [-0.4, -0.2) is 10.9 Å². The molecule has 0 aliphatic carbocycles. The molecule has 2 aromatic carbocycles. The second kappa shape index (κ2) is 8.08. The third-order valence-corrected chi connectivity index (χ3v) is 3.66. The van der Waals surface area contributed by atoms with Crippen molar-refractivity contribution in [2.45, 2.75) is 13.2 Å². The van der Waals surface area contributed by atoms with Gasteiger partial charge in [0.1, 0.15) is 12.4 Å². The number of nitrogens with zero attached hydrogens (tertiary/aromatic N) is 1. The molecule has 3 rings (SSSR count). The van der Waals surface area contributed by atoms with Crippen molar-refractivity contribution in [1.82, 2.24) is 4.98 Å². The fraction of sp³-hybridized carbons (Fsp3) is 0.100. The Hall–Kier alpha value is -3.18. The molecule has 0 saturated carbocycles. The summed E-state index contributed by atoms with van der Waals surface area (Å²) in [5, 5.41) is 2.83. The Bertz CT molecular complexity index is 850. The quantitative estimate of drug-likeness (QED) is 0.725. The zero-order chi connectivity index (χ0) is 17.5. The number of carbonyl (C=O) groups excluding carboxylic acids is 1. The van der Waals surface area contributed by atoms with E-state index >= 15 is 0 Å². The predicted octanol–water partition coefficient (Wildman–Crippen LogP) is 3.37. The van der Waals surface area contributed by atoms with Gasteiger partial charge in [-0.15, -0.1) is 0 Å².